The molecule has 7 nitrogen and oxygen atoms in total. The average molecular weight is 361 g/mol. The Morgan fingerprint density at radius 3 is 2.63 bits per heavy atom. The molecule has 2 N–H and O–H groups in total. The molecule has 1 aromatic heterocycles. The maximum atomic E-state index is 12.6. The zero-order chi connectivity index (χ0) is 18.8. The first-order valence-corrected chi connectivity index (χ1v) is 8.67. The highest BCUT2D eigenvalue weighted by Gasteiger charge is 2.23. The van der Waals surface area contributed by atoms with E-state index in [0.29, 0.717) is 24.3 Å². The van der Waals surface area contributed by atoms with E-state index in [1.807, 2.05) is 48.0 Å². The SMILES string of the molecule is Cc1cc(C(=O)Nc2ccc(-n3ccnc3)cc2)ccc1N1CCNC1=O. The summed E-state index contributed by atoms with van der Waals surface area (Å²) in [4.78, 5) is 30.1. The number of carbonyl (C=O) groups is 2. The van der Waals surface area contributed by atoms with Crippen LogP contribution in [0.4, 0.5) is 16.2 Å². The van der Waals surface area contributed by atoms with Crippen molar-refractivity contribution in [1.29, 1.82) is 0 Å². The number of carbonyl (C=O) groups excluding carboxylic acids is 2. The maximum Gasteiger partial charge on any atom is 0.322 e. The largest absolute Gasteiger partial charge is 0.336 e. The van der Waals surface area contributed by atoms with Gasteiger partial charge < -0.3 is 15.2 Å². The lowest BCUT2D eigenvalue weighted by molar-refractivity contribution is 0.102. The third-order valence-electron chi connectivity index (χ3n) is 4.53. The van der Waals surface area contributed by atoms with Gasteiger partial charge in [-0.15, -0.1) is 0 Å². The van der Waals surface area contributed by atoms with Crippen molar-refractivity contribution in [3.05, 3.63) is 72.3 Å². The van der Waals surface area contributed by atoms with Crippen LogP contribution in [-0.2, 0) is 0 Å². The number of urea groups is 1. The predicted octanol–water partition coefficient (Wildman–Crippen LogP) is 2.96. The monoisotopic (exact) mass is 361 g/mol. The molecule has 0 saturated carbocycles. The van der Waals surface area contributed by atoms with Crippen LogP contribution in [0.3, 0.4) is 0 Å². The number of anilines is 2. The van der Waals surface area contributed by atoms with Crippen LogP contribution in [0.2, 0.25) is 0 Å². The molecule has 0 unspecified atom stereocenters. The molecule has 0 atom stereocenters. The van der Waals surface area contributed by atoms with Gasteiger partial charge in [-0.05, 0) is 55.0 Å². The quantitative estimate of drug-likeness (QED) is 0.750. The van der Waals surface area contributed by atoms with Crippen LogP contribution >= 0.6 is 0 Å². The summed E-state index contributed by atoms with van der Waals surface area (Å²) >= 11 is 0. The van der Waals surface area contributed by atoms with Crippen molar-refractivity contribution >= 4 is 23.3 Å². The normalized spacial score (nSPS) is 13.5. The zero-order valence-corrected chi connectivity index (χ0v) is 14.8. The molecular formula is C20H19N5O2. The smallest absolute Gasteiger partial charge is 0.322 e. The van der Waals surface area contributed by atoms with Crippen LogP contribution in [0.1, 0.15) is 15.9 Å². The number of amides is 3. The van der Waals surface area contributed by atoms with Crippen LogP contribution < -0.4 is 15.5 Å². The van der Waals surface area contributed by atoms with Gasteiger partial charge in [0.1, 0.15) is 0 Å². The van der Waals surface area contributed by atoms with E-state index in [2.05, 4.69) is 15.6 Å². The van der Waals surface area contributed by atoms with Gasteiger partial charge in [-0.3, -0.25) is 9.69 Å². The first kappa shape index (κ1) is 16.8. The highest BCUT2D eigenvalue weighted by atomic mass is 16.2. The Balaban J connectivity index is 1.48. The van der Waals surface area contributed by atoms with Crippen LogP contribution in [0.15, 0.2) is 61.2 Å². The van der Waals surface area contributed by atoms with Crippen LogP contribution in [-0.4, -0.2) is 34.6 Å². The molecule has 4 rings (SSSR count). The van der Waals surface area contributed by atoms with Gasteiger partial charge >= 0.3 is 6.03 Å². The van der Waals surface area contributed by atoms with Gasteiger partial charge in [0, 0.05) is 48.1 Å². The number of hydrogen-bond donors (Lipinski definition) is 2. The van der Waals surface area contributed by atoms with Crippen LogP contribution in [0.5, 0.6) is 0 Å². The first-order chi connectivity index (χ1) is 13.1. The number of benzene rings is 2. The summed E-state index contributed by atoms with van der Waals surface area (Å²) in [6.07, 6.45) is 5.30. The second kappa shape index (κ2) is 6.95. The minimum Gasteiger partial charge on any atom is -0.336 e. The van der Waals surface area contributed by atoms with E-state index in [9.17, 15) is 9.59 Å². The second-order valence-electron chi connectivity index (χ2n) is 6.36. The topological polar surface area (TPSA) is 79.3 Å². The molecule has 136 valence electrons. The molecule has 7 heteroatoms. The zero-order valence-electron chi connectivity index (χ0n) is 14.8. The lowest BCUT2D eigenvalue weighted by Crippen LogP contribution is -2.28. The van der Waals surface area contributed by atoms with Crippen LogP contribution in [0, 0.1) is 6.92 Å². The minimum absolute atomic E-state index is 0.103. The Morgan fingerprint density at radius 1 is 1.19 bits per heavy atom. The Kier molecular flexibility index (Phi) is 4.33. The van der Waals surface area contributed by atoms with Crippen molar-refractivity contribution in [3.8, 4) is 5.69 Å². The number of nitrogens with one attached hydrogen (secondary N) is 2. The molecule has 1 aliphatic rings. The van der Waals surface area contributed by atoms with Gasteiger partial charge in [0.15, 0.2) is 0 Å². The minimum atomic E-state index is -0.189. The second-order valence-corrected chi connectivity index (χ2v) is 6.36. The first-order valence-electron chi connectivity index (χ1n) is 8.67. The summed E-state index contributed by atoms with van der Waals surface area (Å²) in [7, 11) is 0. The number of rotatable bonds is 4. The molecule has 1 fully saturated rings. The number of hydrogen-bond acceptors (Lipinski definition) is 3. The number of nitrogens with zero attached hydrogens (tertiary/aromatic N) is 3. The summed E-state index contributed by atoms with van der Waals surface area (Å²) in [5.74, 6) is -0.189. The summed E-state index contributed by atoms with van der Waals surface area (Å²) in [6.45, 7) is 3.17. The third kappa shape index (κ3) is 3.39. The molecule has 0 radical (unpaired) electrons. The standard InChI is InChI=1S/C20H19N5O2/c1-14-12-15(2-7-18(14)25-11-9-22-20(25)27)19(26)23-16-3-5-17(6-4-16)24-10-8-21-13-24/h2-8,10,12-13H,9,11H2,1H3,(H,22,27)(H,23,26). The Labute approximate surface area is 156 Å². The molecule has 0 aliphatic carbocycles. The molecule has 0 bridgehead atoms. The predicted molar refractivity (Wildman–Crippen MR) is 103 cm³/mol. The fraction of sp³-hybridized carbons (Fsp3) is 0.150. The molecule has 2 aromatic carbocycles. The van der Waals surface area contributed by atoms with Crippen molar-refractivity contribution in [2.45, 2.75) is 6.92 Å². The Bertz CT molecular complexity index is 980. The van der Waals surface area contributed by atoms with E-state index in [4.69, 9.17) is 0 Å². The van der Waals surface area contributed by atoms with E-state index >= 15 is 0 Å². The lowest BCUT2D eigenvalue weighted by Gasteiger charge is -2.17. The fourth-order valence-corrected chi connectivity index (χ4v) is 3.13. The number of imidazole rings is 1. The molecule has 3 amide bonds. The highest BCUT2D eigenvalue weighted by molar-refractivity contribution is 6.05. The van der Waals surface area contributed by atoms with Crippen molar-refractivity contribution in [3.63, 3.8) is 0 Å². The molecule has 27 heavy (non-hydrogen) atoms. The average Bonchev–Trinajstić information content (AvgIpc) is 3.34. The summed E-state index contributed by atoms with van der Waals surface area (Å²) < 4.78 is 1.89. The van der Waals surface area contributed by atoms with Crippen molar-refractivity contribution in [1.82, 2.24) is 14.9 Å². The molecule has 3 aromatic rings. The summed E-state index contributed by atoms with van der Waals surface area (Å²) in [5.41, 5.74) is 3.94. The summed E-state index contributed by atoms with van der Waals surface area (Å²) in [6, 6.07) is 12.8. The van der Waals surface area contributed by atoms with Gasteiger partial charge in [-0.1, -0.05) is 0 Å². The van der Waals surface area contributed by atoms with Crippen molar-refractivity contribution < 1.29 is 9.59 Å². The van der Waals surface area contributed by atoms with Gasteiger partial charge in [-0.25, -0.2) is 9.78 Å². The van der Waals surface area contributed by atoms with Gasteiger partial charge in [0.2, 0.25) is 0 Å². The molecule has 1 aliphatic heterocycles. The third-order valence-corrected chi connectivity index (χ3v) is 4.53. The summed E-state index contributed by atoms with van der Waals surface area (Å²) in [5, 5.41) is 5.68. The van der Waals surface area contributed by atoms with Crippen molar-refractivity contribution in [2.75, 3.05) is 23.3 Å². The van der Waals surface area contributed by atoms with Crippen LogP contribution in [0.25, 0.3) is 5.69 Å². The molecule has 2 heterocycles. The van der Waals surface area contributed by atoms with Gasteiger partial charge in [-0.2, -0.15) is 0 Å². The van der Waals surface area contributed by atoms with E-state index < -0.39 is 0 Å². The molecule has 0 spiro atoms. The van der Waals surface area contributed by atoms with Gasteiger partial charge in [0.25, 0.3) is 5.91 Å². The number of aromatic nitrogens is 2. The van der Waals surface area contributed by atoms with E-state index in [1.54, 1.807) is 29.6 Å². The van der Waals surface area contributed by atoms with E-state index in [-0.39, 0.29) is 11.9 Å². The van der Waals surface area contributed by atoms with E-state index in [0.717, 1.165) is 16.9 Å². The molecule has 1 saturated heterocycles. The Morgan fingerprint density at radius 2 is 2.00 bits per heavy atom. The van der Waals surface area contributed by atoms with E-state index in [1.165, 1.54) is 0 Å². The Hall–Kier alpha value is -3.61. The lowest BCUT2D eigenvalue weighted by atomic mass is 10.1. The highest BCUT2D eigenvalue weighted by Crippen LogP contribution is 2.23. The van der Waals surface area contributed by atoms with Gasteiger partial charge in [0.05, 0.1) is 6.33 Å². The fourth-order valence-electron chi connectivity index (χ4n) is 3.13. The maximum absolute atomic E-state index is 12.6. The molecular weight excluding hydrogens is 342 g/mol. The van der Waals surface area contributed by atoms with Crippen molar-refractivity contribution in [2.24, 2.45) is 0 Å². The number of aryl methyl sites for hydroxylation is 1.